The lowest BCUT2D eigenvalue weighted by molar-refractivity contribution is -0.147. The third-order valence-electron chi connectivity index (χ3n) is 3.42. The second-order valence-corrected chi connectivity index (χ2v) is 4.87. The SMILES string of the molecule is CC1(C(=O)Cc2cc(F)ccc2F)CCCCO1. The van der Waals surface area contributed by atoms with E-state index in [1.165, 1.54) is 0 Å². The molecule has 1 aromatic carbocycles. The van der Waals surface area contributed by atoms with Gasteiger partial charge in [-0.15, -0.1) is 0 Å². The lowest BCUT2D eigenvalue weighted by Gasteiger charge is -2.32. The summed E-state index contributed by atoms with van der Waals surface area (Å²) in [7, 11) is 0. The first-order valence-corrected chi connectivity index (χ1v) is 6.12. The summed E-state index contributed by atoms with van der Waals surface area (Å²) in [6.07, 6.45) is 2.38. The predicted octanol–water partition coefficient (Wildman–Crippen LogP) is 3.04. The number of halogens is 2. The second kappa shape index (κ2) is 5.14. The number of rotatable bonds is 3. The van der Waals surface area contributed by atoms with Crippen molar-refractivity contribution in [2.24, 2.45) is 0 Å². The Hall–Kier alpha value is -1.29. The smallest absolute Gasteiger partial charge is 0.168 e. The Balaban J connectivity index is 2.13. The molecule has 0 radical (unpaired) electrons. The Morgan fingerprint density at radius 3 is 2.83 bits per heavy atom. The molecule has 4 heteroatoms. The number of ketones is 1. The quantitative estimate of drug-likeness (QED) is 0.828. The van der Waals surface area contributed by atoms with Gasteiger partial charge in [-0.25, -0.2) is 8.78 Å². The van der Waals surface area contributed by atoms with E-state index in [-0.39, 0.29) is 17.8 Å². The maximum Gasteiger partial charge on any atom is 0.168 e. The predicted molar refractivity (Wildman–Crippen MR) is 63.3 cm³/mol. The molecule has 1 aliphatic rings. The first-order chi connectivity index (χ1) is 8.51. The van der Waals surface area contributed by atoms with Gasteiger partial charge in [0.2, 0.25) is 0 Å². The van der Waals surface area contributed by atoms with Gasteiger partial charge >= 0.3 is 0 Å². The molecule has 0 bridgehead atoms. The van der Waals surface area contributed by atoms with Crippen molar-refractivity contribution in [3.05, 3.63) is 35.4 Å². The molecule has 2 nitrogen and oxygen atoms in total. The number of carbonyl (C=O) groups is 1. The number of hydrogen-bond acceptors (Lipinski definition) is 2. The number of ether oxygens (including phenoxy) is 1. The number of benzene rings is 1. The molecule has 1 unspecified atom stereocenters. The summed E-state index contributed by atoms with van der Waals surface area (Å²) in [5.41, 5.74) is -0.757. The highest BCUT2D eigenvalue weighted by atomic mass is 19.1. The van der Waals surface area contributed by atoms with Crippen LogP contribution in [0.15, 0.2) is 18.2 Å². The van der Waals surface area contributed by atoms with Gasteiger partial charge in [-0.2, -0.15) is 0 Å². The average Bonchev–Trinajstić information content (AvgIpc) is 2.35. The standard InChI is InChI=1S/C14H16F2O2/c1-14(6-2-3-7-18-14)13(17)9-10-8-11(15)4-5-12(10)16/h4-5,8H,2-3,6-7,9H2,1H3. The number of hydrogen-bond donors (Lipinski definition) is 0. The molecule has 0 spiro atoms. The Labute approximate surface area is 105 Å². The maximum absolute atomic E-state index is 13.5. The van der Waals surface area contributed by atoms with E-state index < -0.39 is 17.2 Å². The maximum atomic E-state index is 13.5. The van der Waals surface area contributed by atoms with Crippen LogP contribution in [-0.2, 0) is 16.0 Å². The van der Waals surface area contributed by atoms with Gasteiger partial charge < -0.3 is 4.74 Å². The molecule has 1 saturated heterocycles. The minimum Gasteiger partial charge on any atom is -0.367 e. The topological polar surface area (TPSA) is 26.3 Å². The minimum absolute atomic E-state index is 0.0930. The van der Waals surface area contributed by atoms with Crippen LogP contribution in [0.3, 0.4) is 0 Å². The molecule has 18 heavy (non-hydrogen) atoms. The fourth-order valence-electron chi connectivity index (χ4n) is 2.19. The highest BCUT2D eigenvalue weighted by molar-refractivity contribution is 5.88. The molecule has 0 N–H and O–H groups in total. The molecule has 0 aromatic heterocycles. The van der Waals surface area contributed by atoms with Crippen LogP contribution in [0.1, 0.15) is 31.7 Å². The summed E-state index contributed by atoms with van der Waals surface area (Å²) in [6.45, 7) is 2.28. The number of carbonyl (C=O) groups excluding carboxylic acids is 1. The van der Waals surface area contributed by atoms with Crippen LogP contribution >= 0.6 is 0 Å². The lowest BCUT2D eigenvalue weighted by Crippen LogP contribution is -2.42. The van der Waals surface area contributed by atoms with Gasteiger partial charge in [0.1, 0.15) is 17.2 Å². The van der Waals surface area contributed by atoms with Crippen LogP contribution in [0.5, 0.6) is 0 Å². The van der Waals surface area contributed by atoms with Gasteiger partial charge in [0.25, 0.3) is 0 Å². The van der Waals surface area contributed by atoms with Gasteiger partial charge in [-0.3, -0.25) is 4.79 Å². The number of Topliss-reactive ketones (excluding diaryl/α,β-unsaturated/α-hetero) is 1. The highest BCUT2D eigenvalue weighted by Crippen LogP contribution is 2.27. The van der Waals surface area contributed by atoms with E-state index in [0.717, 1.165) is 31.0 Å². The zero-order chi connectivity index (χ0) is 13.2. The third kappa shape index (κ3) is 2.75. The average molecular weight is 254 g/mol. The Kier molecular flexibility index (Phi) is 3.76. The van der Waals surface area contributed by atoms with Crippen molar-refractivity contribution in [2.45, 2.75) is 38.2 Å². The molecule has 1 heterocycles. The normalized spacial score (nSPS) is 23.9. The van der Waals surface area contributed by atoms with Gasteiger partial charge in [-0.05, 0) is 49.9 Å². The van der Waals surface area contributed by atoms with E-state index in [1.54, 1.807) is 6.92 Å². The van der Waals surface area contributed by atoms with Crippen molar-refractivity contribution in [1.82, 2.24) is 0 Å². The van der Waals surface area contributed by atoms with Crippen LogP contribution < -0.4 is 0 Å². The Morgan fingerprint density at radius 2 is 2.17 bits per heavy atom. The van der Waals surface area contributed by atoms with Crippen LogP contribution in [0.4, 0.5) is 8.78 Å². The molecule has 1 atom stereocenters. The first-order valence-electron chi connectivity index (χ1n) is 6.12. The van der Waals surface area contributed by atoms with Gasteiger partial charge in [0, 0.05) is 13.0 Å². The van der Waals surface area contributed by atoms with Gasteiger partial charge in [-0.1, -0.05) is 0 Å². The van der Waals surface area contributed by atoms with E-state index in [2.05, 4.69) is 0 Å². The van der Waals surface area contributed by atoms with Crippen molar-refractivity contribution in [1.29, 1.82) is 0 Å². The van der Waals surface area contributed by atoms with Crippen LogP contribution in [-0.4, -0.2) is 18.0 Å². The molecular formula is C14H16F2O2. The summed E-state index contributed by atoms with van der Waals surface area (Å²) >= 11 is 0. The van der Waals surface area contributed by atoms with Crippen LogP contribution in [0.2, 0.25) is 0 Å². The molecular weight excluding hydrogens is 238 g/mol. The second-order valence-electron chi connectivity index (χ2n) is 4.87. The fraction of sp³-hybridized carbons (Fsp3) is 0.500. The zero-order valence-corrected chi connectivity index (χ0v) is 10.3. The summed E-state index contributed by atoms with van der Waals surface area (Å²) in [6, 6.07) is 3.16. The summed E-state index contributed by atoms with van der Waals surface area (Å²) in [4.78, 5) is 12.1. The van der Waals surface area contributed by atoms with Crippen molar-refractivity contribution >= 4 is 5.78 Å². The molecule has 98 valence electrons. The van der Waals surface area contributed by atoms with Crippen molar-refractivity contribution < 1.29 is 18.3 Å². The Morgan fingerprint density at radius 1 is 1.39 bits per heavy atom. The third-order valence-corrected chi connectivity index (χ3v) is 3.42. The van der Waals surface area contributed by atoms with E-state index in [1.807, 2.05) is 0 Å². The van der Waals surface area contributed by atoms with E-state index >= 15 is 0 Å². The van der Waals surface area contributed by atoms with Gasteiger partial charge in [0.05, 0.1) is 0 Å². The monoisotopic (exact) mass is 254 g/mol. The Bertz CT molecular complexity index is 451. The molecule has 1 aromatic rings. The molecule has 0 saturated carbocycles. The first kappa shape index (κ1) is 13.1. The summed E-state index contributed by atoms with van der Waals surface area (Å²) in [5, 5.41) is 0. The summed E-state index contributed by atoms with van der Waals surface area (Å²) < 4.78 is 32.0. The van der Waals surface area contributed by atoms with Crippen molar-refractivity contribution in [2.75, 3.05) is 6.61 Å². The van der Waals surface area contributed by atoms with Crippen LogP contribution in [0, 0.1) is 11.6 Å². The van der Waals surface area contributed by atoms with E-state index in [0.29, 0.717) is 13.0 Å². The molecule has 2 rings (SSSR count). The lowest BCUT2D eigenvalue weighted by atomic mass is 9.88. The molecule has 1 aliphatic heterocycles. The highest BCUT2D eigenvalue weighted by Gasteiger charge is 2.35. The molecule has 1 fully saturated rings. The molecule has 0 aliphatic carbocycles. The van der Waals surface area contributed by atoms with Crippen molar-refractivity contribution in [3.63, 3.8) is 0 Å². The van der Waals surface area contributed by atoms with Crippen molar-refractivity contribution in [3.8, 4) is 0 Å². The molecule has 0 amide bonds. The largest absolute Gasteiger partial charge is 0.367 e. The fourth-order valence-corrected chi connectivity index (χ4v) is 2.19. The van der Waals surface area contributed by atoms with Gasteiger partial charge in [0.15, 0.2) is 5.78 Å². The minimum atomic E-state index is -0.850. The van der Waals surface area contributed by atoms with Crippen LogP contribution in [0.25, 0.3) is 0 Å². The zero-order valence-electron chi connectivity index (χ0n) is 10.3. The summed E-state index contributed by atoms with van der Waals surface area (Å²) in [5.74, 6) is -1.27. The van der Waals surface area contributed by atoms with E-state index in [4.69, 9.17) is 4.74 Å². The van der Waals surface area contributed by atoms with E-state index in [9.17, 15) is 13.6 Å².